The van der Waals surface area contributed by atoms with E-state index in [9.17, 15) is 14.4 Å². The number of aliphatic hydroxyl groups excluding tert-OH is 1. The molecule has 0 amide bonds. The van der Waals surface area contributed by atoms with Crippen LogP contribution in [-0.4, -0.2) is 54.4 Å². The molecule has 14 heteroatoms. The molecule has 0 aliphatic carbocycles. The van der Waals surface area contributed by atoms with Gasteiger partial charge in [-0.05, 0) is 29.5 Å². The molecule has 4 heterocycles. The van der Waals surface area contributed by atoms with Gasteiger partial charge >= 0.3 is 6.72 Å². The van der Waals surface area contributed by atoms with E-state index in [1.54, 1.807) is 16.7 Å². The largest absolute Gasteiger partial charge is 0.386 e. The number of hydrogen-bond donors (Lipinski definition) is 3. The molecular formula is C17H17FN5O5PS2. The number of ether oxygens (including phenoxy) is 1. The molecule has 0 radical (unpaired) electrons. The topological polar surface area (TPSA) is 138 Å². The van der Waals surface area contributed by atoms with Crippen molar-refractivity contribution in [3.05, 3.63) is 42.0 Å². The fourth-order valence-corrected chi connectivity index (χ4v) is 5.93. The molecule has 0 spiro atoms. The van der Waals surface area contributed by atoms with Crippen molar-refractivity contribution in [2.24, 2.45) is 0 Å². The second-order valence-corrected chi connectivity index (χ2v) is 10.7. The van der Waals surface area contributed by atoms with Crippen molar-refractivity contribution in [3.8, 4) is 0 Å². The number of aliphatic hydroxyl groups is 1. The molecule has 2 aliphatic rings. The number of nitrogens with two attached hydrogens (primary N) is 1. The van der Waals surface area contributed by atoms with Gasteiger partial charge in [-0.25, -0.2) is 19.3 Å². The van der Waals surface area contributed by atoms with Gasteiger partial charge in [0.1, 0.15) is 30.5 Å². The van der Waals surface area contributed by atoms with Crippen LogP contribution < -0.4 is 5.73 Å². The summed E-state index contributed by atoms with van der Waals surface area (Å²) in [5.41, 5.74) is 7.59. The Kier molecular flexibility index (Phi) is 5.47. The Labute approximate surface area is 184 Å². The third-order valence-corrected chi connectivity index (χ3v) is 7.56. The molecule has 31 heavy (non-hydrogen) atoms. The Bertz CT molecular complexity index is 1180. The van der Waals surface area contributed by atoms with Crippen LogP contribution in [0, 0.1) is 5.82 Å². The first kappa shape index (κ1) is 21.2. The second-order valence-electron chi connectivity index (χ2n) is 7.00. The zero-order valence-corrected chi connectivity index (χ0v) is 18.3. The number of nitrogens with zero attached hydrogens (tertiary/aromatic N) is 4. The zero-order chi connectivity index (χ0) is 21.8. The molecule has 164 valence electrons. The maximum Gasteiger partial charge on any atom is 0.325 e. The molecule has 1 unspecified atom stereocenters. The van der Waals surface area contributed by atoms with E-state index in [0.717, 1.165) is 5.56 Å². The summed E-state index contributed by atoms with van der Waals surface area (Å²) in [6, 6.07) is 6.12. The molecule has 2 aromatic heterocycles. The lowest BCUT2D eigenvalue weighted by Crippen LogP contribution is -2.39. The highest BCUT2D eigenvalue weighted by Crippen LogP contribution is 2.53. The standard InChI is InChI=1S/C17H17FN5O5PS2/c18-9-3-1-8(2-4-9)6-31-17-22-11-14(19)20-7-21-15(11)23(17)16-12(24)13-10(27-16)5-26-29(25,30)28-13/h1-4,7,10,12-13,16,24H,5-6H2,(H,25,30)(H2,19,20,21)/t10-,12-,13-,16-,29?/m1/s1. The average Bonchev–Trinajstić information content (AvgIpc) is 3.25. The lowest BCUT2D eigenvalue weighted by molar-refractivity contribution is -0.0619. The maximum atomic E-state index is 13.2. The van der Waals surface area contributed by atoms with Gasteiger partial charge in [0.15, 0.2) is 28.4 Å². The molecule has 2 aliphatic heterocycles. The normalized spacial score (nSPS) is 30.5. The van der Waals surface area contributed by atoms with Gasteiger partial charge in [0.25, 0.3) is 0 Å². The molecule has 0 bridgehead atoms. The van der Waals surface area contributed by atoms with Crippen molar-refractivity contribution < 1.29 is 28.2 Å². The molecule has 5 rings (SSSR count). The highest BCUT2D eigenvalue weighted by Gasteiger charge is 2.51. The number of imidazole rings is 1. The molecule has 10 nitrogen and oxygen atoms in total. The molecule has 5 atom stereocenters. The molecule has 4 N–H and O–H groups in total. The Morgan fingerprint density at radius 2 is 2.10 bits per heavy atom. The first-order valence-corrected chi connectivity index (χ1v) is 12.7. The van der Waals surface area contributed by atoms with Crippen molar-refractivity contribution in [2.75, 3.05) is 12.3 Å². The van der Waals surface area contributed by atoms with Crippen molar-refractivity contribution in [1.29, 1.82) is 0 Å². The van der Waals surface area contributed by atoms with E-state index < -0.39 is 31.3 Å². The third-order valence-electron chi connectivity index (χ3n) is 4.97. The molecular weight excluding hydrogens is 468 g/mol. The SMILES string of the molecule is Nc1ncnc2c1nc(SCc1ccc(F)cc1)n2[C@@H]1O[C@@H]2COP(O)(=S)O[C@H]2[C@H]1O. The number of nitrogen functional groups attached to an aromatic ring is 1. The van der Waals surface area contributed by atoms with E-state index in [4.69, 9.17) is 31.3 Å². The number of halogens is 1. The van der Waals surface area contributed by atoms with Gasteiger partial charge in [0, 0.05) is 5.75 Å². The third kappa shape index (κ3) is 3.96. The van der Waals surface area contributed by atoms with Crippen LogP contribution in [0.5, 0.6) is 0 Å². The van der Waals surface area contributed by atoms with Crippen LogP contribution in [-0.2, 0) is 31.3 Å². The van der Waals surface area contributed by atoms with E-state index in [1.165, 1.54) is 30.2 Å². The van der Waals surface area contributed by atoms with Crippen LogP contribution in [0.4, 0.5) is 10.2 Å². The number of anilines is 1. The van der Waals surface area contributed by atoms with E-state index in [2.05, 4.69) is 15.0 Å². The fourth-order valence-electron chi connectivity index (χ4n) is 3.52. The van der Waals surface area contributed by atoms with Crippen LogP contribution in [0.25, 0.3) is 11.2 Å². The van der Waals surface area contributed by atoms with Gasteiger partial charge in [-0.1, -0.05) is 23.9 Å². The summed E-state index contributed by atoms with van der Waals surface area (Å²) in [6.07, 6.45) is -2.29. The summed E-state index contributed by atoms with van der Waals surface area (Å²) < 4.78 is 31.4. The maximum absolute atomic E-state index is 13.2. The highest BCUT2D eigenvalue weighted by atomic mass is 32.5. The van der Waals surface area contributed by atoms with Crippen LogP contribution in [0.15, 0.2) is 35.7 Å². The summed E-state index contributed by atoms with van der Waals surface area (Å²) in [5, 5.41) is 11.4. The van der Waals surface area contributed by atoms with Crippen molar-refractivity contribution in [2.45, 2.75) is 35.4 Å². The van der Waals surface area contributed by atoms with Crippen molar-refractivity contribution in [1.82, 2.24) is 19.5 Å². The Balaban J connectivity index is 1.51. The summed E-state index contributed by atoms with van der Waals surface area (Å²) in [5.74, 6) is 0.340. The molecule has 2 saturated heterocycles. The molecule has 3 aromatic rings. The molecule has 0 saturated carbocycles. The first-order valence-electron chi connectivity index (χ1n) is 9.17. The number of rotatable bonds is 4. The quantitative estimate of drug-likeness (QED) is 0.368. The van der Waals surface area contributed by atoms with E-state index in [1.807, 2.05) is 0 Å². The first-order chi connectivity index (χ1) is 14.8. The number of hydrogen-bond acceptors (Lipinski definition) is 10. The van der Waals surface area contributed by atoms with Crippen LogP contribution in [0.1, 0.15) is 11.8 Å². The minimum Gasteiger partial charge on any atom is -0.386 e. The lowest BCUT2D eigenvalue weighted by Gasteiger charge is -2.30. The summed E-state index contributed by atoms with van der Waals surface area (Å²) in [6.45, 7) is -3.44. The van der Waals surface area contributed by atoms with Crippen molar-refractivity contribution in [3.63, 3.8) is 0 Å². The highest BCUT2D eigenvalue weighted by molar-refractivity contribution is 8.07. The van der Waals surface area contributed by atoms with Gasteiger partial charge in [-0.15, -0.1) is 0 Å². The average molecular weight is 485 g/mol. The van der Waals surface area contributed by atoms with Gasteiger partial charge in [-0.3, -0.25) is 9.09 Å². The monoisotopic (exact) mass is 485 g/mol. The summed E-state index contributed by atoms with van der Waals surface area (Å²) >= 11 is 6.25. The Hall–Kier alpha value is -1.70. The summed E-state index contributed by atoms with van der Waals surface area (Å²) in [4.78, 5) is 22.8. The number of thioether (sulfide) groups is 1. The second kappa shape index (κ2) is 8.01. The predicted molar refractivity (Wildman–Crippen MR) is 113 cm³/mol. The van der Waals surface area contributed by atoms with Crippen LogP contribution in [0.3, 0.4) is 0 Å². The minimum absolute atomic E-state index is 0.00614. The van der Waals surface area contributed by atoms with Gasteiger partial charge < -0.3 is 25.0 Å². The van der Waals surface area contributed by atoms with Crippen molar-refractivity contribution >= 4 is 47.3 Å². The predicted octanol–water partition coefficient (Wildman–Crippen LogP) is 1.73. The van der Waals surface area contributed by atoms with Gasteiger partial charge in [-0.2, -0.15) is 0 Å². The van der Waals surface area contributed by atoms with E-state index in [-0.39, 0.29) is 18.2 Å². The van der Waals surface area contributed by atoms with E-state index in [0.29, 0.717) is 22.1 Å². The summed E-state index contributed by atoms with van der Waals surface area (Å²) in [7, 11) is 0. The lowest BCUT2D eigenvalue weighted by atomic mass is 10.1. The molecule has 2 fully saturated rings. The Morgan fingerprint density at radius 1 is 1.32 bits per heavy atom. The minimum atomic E-state index is -3.43. The van der Waals surface area contributed by atoms with Gasteiger partial charge in [0.05, 0.1) is 6.61 Å². The Morgan fingerprint density at radius 3 is 2.87 bits per heavy atom. The van der Waals surface area contributed by atoms with E-state index >= 15 is 0 Å². The smallest absolute Gasteiger partial charge is 0.325 e. The zero-order valence-electron chi connectivity index (χ0n) is 15.7. The van der Waals surface area contributed by atoms with Gasteiger partial charge in [0.2, 0.25) is 0 Å². The van der Waals surface area contributed by atoms with Crippen LogP contribution in [0.2, 0.25) is 0 Å². The molecule has 1 aromatic carbocycles. The number of benzene rings is 1. The fraction of sp³-hybridized carbons (Fsp3) is 0.353. The number of aromatic nitrogens is 4. The van der Waals surface area contributed by atoms with Crippen LogP contribution >= 0.6 is 18.5 Å². The number of fused-ring (bicyclic) bond motifs is 2.